The standard InChI is InChI=1S/C17H28N2S/c1-3-15-6-7-17(20-15)13(2)19-11-8-14(9-12-19)16-5-4-10-18-16/h6-7,13-14,16,18H,3-5,8-12H2,1-2H3. The second kappa shape index (κ2) is 6.59. The van der Waals surface area contributed by atoms with E-state index in [1.807, 2.05) is 11.3 Å². The summed E-state index contributed by atoms with van der Waals surface area (Å²) in [5, 5.41) is 3.70. The Kier molecular flexibility index (Phi) is 4.79. The van der Waals surface area contributed by atoms with Crippen LogP contribution < -0.4 is 5.32 Å². The Morgan fingerprint density at radius 2 is 2.10 bits per heavy atom. The van der Waals surface area contributed by atoms with Crippen LogP contribution in [-0.4, -0.2) is 30.6 Å². The summed E-state index contributed by atoms with van der Waals surface area (Å²) in [6.07, 6.45) is 6.73. The van der Waals surface area contributed by atoms with Crippen LogP contribution in [0, 0.1) is 5.92 Å². The molecular formula is C17H28N2S. The van der Waals surface area contributed by atoms with Gasteiger partial charge >= 0.3 is 0 Å². The molecular weight excluding hydrogens is 264 g/mol. The number of likely N-dealkylation sites (tertiary alicyclic amines) is 1. The van der Waals surface area contributed by atoms with E-state index in [-0.39, 0.29) is 0 Å². The fraction of sp³-hybridized carbons (Fsp3) is 0.765. The topological polar surface area (TPSA) is 15.3 Å². The van der Waals surface area contributed by atoms with Crippen molar-refractivity contribution in [2.24, 2.45) is 5.92 Å². The van der Waals surface area contributed by atoms with Crippen LogP contribution in [0.5, 0.6) is 0 Å². The molecule has 2 nitrogen and oxygen atoms in total. The monoisotopic (exact) mass is 292 g/mol. The molecule has 0 saturated carbocycles. The van der Waals surface area contributed by atoms with Gasteiger partial charge in [-0.05, 0) is 76.7 Å². The number of thiophene rings is 1. The maximum atomic E-state index is 3.70. The van der Waals surface area contributed by atoms with Gasteiger partial charge in [-0.15, -0.1) is 11.3 Å². The summed E-state index contributed by atoms with van der Waals surface area (Å²) >= 11 is 2.01. The highest BCUT2D eigenvalue weighted by Gasteiger charge is 2.30. The second-order valence-corrected chi connectivity index (χ2v) is 7.61. The van der Waals surface area contributed by atoms with Gasteiger partial charge in [-0.25, -0.2) is 0 Å². The van der Waals surface area contributed by atoms with Crippen LogP contribution in [-0.2, 0) is 6.42 Å². The van der Waals surface area contributed by atoms with Crippen LogP contribution in [0.25, 0.3) is 0 Å². The summed E-state index contributed by atoms with van der Waals surface area (Å²) in [7, 11) is 0. The van der Waals surface area contributed by atoms with Crippen LogP contribution >= 0.6 is 11.3 Å². The maximum absolute atomic E-state index is 3.70. The minimum Gasteiger partial charge on any atom is -0.314 e. The molecule has 0 aromatic carbocycles. The lowest BCUT2D eigenvalue weighted by Gasteiger charge is -2.37. The van der Waals surface area contributed by atoms with Crippen LogP contribution in [0.3, 0.4) is 0 Å². The number of aryl methyl sites for hydroxylation is 1. The molecule has 2 aliphatic rings. The first kappa shape index (κ1) is 14.6. The van der Waals surface area contributed by atoms with E-state index in [1.54, 1.807) is 4.88 Å². The summed E-state index contributed by atoms with van der Waals surface area (Å²) in [5.74, 6) is 0.926. The van der Waals surface area contributed by atoms with Crippen molar-refractivity contribution >= 4 is 11.3 Å². The molecule has 1 N–H and O–H groups in total. The Morgan fingerprint density at radius 3 is 2.70 bits per heavy atom. The van der Waals surface area contributed by atoms with Crippen molar-refractivity contribution in [2.75, 3.05) is 19.6 Å². The van der Waals surface area contributed by atoms with E-state index in [1.165, 1.54) is 56.6 Å². The SMILES string of the molecule is CCc1ccc(C(C)N2CCC(C3CCCN3)CC2)s1. The van der Waals surface area contributed by atoms with E-state index in [2.05, 4.69) is 36.2 Å². The first-order valence-corrected chi connectivity index (χ1v) is 9.15. The molecule has 3 heterocycles. The number of hydrogen-bond donors (Lipinski definition) is 1. The van der Waals surface area contributed by atoms with E-state index in [0.717, 1.165) is 12.0 Å². The normalized spacial score (nSPS) is 27.0. The van der Waals surface area contributed by atoms with Crippen molar-refractivity contribution < 1.29 is 0 Å². The van der Waals surface area contributed by atoms with Gasteiger partial charge in [-0.2, -0.15) is 0 Å². The number of rotatable bonds is 4. The van der Waals surface area contributed by atoms with Gasteiger partial charge < -0.3 is 5.32 Å². The van der Waals surface area contributed by atoms with E-state index >= 15 is 0 Å². The van der Waals surface area contributed by atoms with Gasteiger partial charge in [0.05, 0.1) is 0 Å². The molecule has 20 heavy (non-hydrogen) atoms. The smallest absolute Gasteiger partial charge is 0.0413 e. The Hall–Kier alpha value is -0.380. The average molecular weight is 292 g/mol. The van der Waals surface area contributed by atoms with Gasteiger partial charge in [-0.3, -0.25) is 4.90 Å². The van der Waals surface area contributed by atoms with Crippen molar-refractivity contribution in [2.45, 2.75) is 58.0 Å². The van der Waals surface area contributed by atoms with Gasteiger partial charge in [0.25, 0.3) is 0 Å². The first-order valence-electron chi connectivity index (χ1n) is 8.34. The molecule has 2 aliphatic heterocycles. The highest BCUT2D eigenvalue weighted by atomic mass is 32.1. The molecule has 112 valence electrons. The zero-order valence-corrected chi connectivity index (χ0v) is 13.7. The predicted molar refractivity (Wildman–Crippen MR) is 87.4 cm³/mol. The third-order valence-electron chi connectivity index (χ3n) is 5.23. The van der Waals surface area contributed by atoms with E-state index in [9.17, 15) is 0 Å². The molecule has 0 radical (unpaired) electrons. The molecule has 1 aromatic rings. The Balaban J connectivity index is 1.54. The van der Waals surface area contributed by atoms with Crippen molar-refractivity contribution in [3.05, 3.63) is 21.9 Å². The largest absolute Gasteiger partial charge is 0.314 e. The summed E-state index contributed by atoms with van der Waals surface area (Å²) in [4.78, 5) is 5.77. The fourth-order valence-corrected chi connectivity index (χ4v) is 4.85. The number of nitrogens with zero attached hydrogens (tertiary/aromatic N) is 1. The van der Waals surface area contributed by atoms with Crippen molar-refractivity contribution in [1.29, 1.82) is 0 Å². The zero-order chi connectivity index (χ0) is 13.9. The molecule has 1 aromatic heterocycles. The lowest BCUT2D eigenvalue weighted by molar-refractivity contribution is 0.128. The van der Waals surface area contributed by atoms with Crippen molar-refractivity contribution in [1.82, 2.24) is 10.2 Å². The van der Waals surface area contributed by atoms with Gasteiger partial charge in [-0.1, -0.05) is 6.92 Å². The maximum Gasteiger partial charge on any atom is 0.0413 e. The quantitative estimate of drug-likeness (QED) is 0.907. The minimum absolute atomic E-state index is 0.609. The lowest BCUT2D eigenvalue weighted by atomic mass is 9.88. The Bertz CT molecular complexity index is 414. The van der Waals surface area contributed by atoms with Gasteiger partial charge in [0, 0.05) is 21.8 Å². The number of hydrogen-bond acceptors (Lipinski definition) is 3. The molecule has 0 amide bonds. The van der Waals surface area contributed by atoms with E-state index in [4.69, 9.17) is 0 Å². The number of nitrogens with one attached hydrogen (secondary N) is 1. The summed E-state index contributed by atoms with van der Waals surface area (Å²) < 4.78 is 0. The Morgan fingerprint density at radius 1 is 1.30 bits per heavy atom. The molecule has 3 heteroatoms. The second-order valence-electron chi connectivity index (χ2n) is 6.41. The van der Waals surface area contributed by atoms with Gasteiger partial charge in [0.1, 0.15) is 0 Å². The highest BCUT2D eigenvalue weighted by molar-refractivity contribution is 7.12. The van der Waals surface area contributed by atoms with E-state index in [0.29, 0.717) is 6.04 Å². The van der Waals surface area contributed by atoms with Crippen LogP contribution in [0.2, 0.25) is 0 Å². The molecule has 3 rings (SSSR count). The van der Waals surface area contributed by atoms with E-state index < -0.39 is 0 Å². The third-order valence-corrected chi connectivity index (χ3v) is 6.63. The summed E-state index contributed by atoms with van der Waals surface area (Å²) in [5.41, 5.74) is 0. The van der Waals surface area contributed by atoms with Gasteiger partial charge in [0.15, 0.2) is 0 Å². The van der Waals surface area contributed by atoms with Crippen LogP contribution in [0.15, 0.2) is 12.1 Å². The first-order chi connectivity index (χ1) is 9.78. The molecule has 2 fully saturated rings. The summed E-state index contributed by atoms with van der Waals surface area (Å²) in [6.45, 7) is 8.45. The molecule has 0 bridgehead atoms. The van der Waals surface area contributed by atoms with Crippen molar-refractivity contribution in [3.63, 3.8) is 0 Å². The summed E-state index contributed by atoms with van der Waals surface area (Å²) in [6, 6.07) is 6.09. The average Bonchev–Trinajstić information content (AvgIpc) is 3.18. The fourth-order valence-electron chi connectivity index (χ4n) is 3.81. The number of piperidine rings is 1. The van der Waals surface area contributed by atoms with Crippen LogP contribution in [0.1, 0.15) is 55.3 Å². The lowest BCUT2D eigenvalue weighted by Crippen LogP contribution is -2.41. The zero-order valence-electron chi connectivity index (χ0n) is 12.9. The molecule has 0 spiro atoms. The molecule has 2 atom stereocenters. The highest BCUT2D eigenvalue weighted by Crippen LogP contribution is 2.33. The van der Waals surface area contributed by atoms with Crippen molar-refractivity contribution in [3.8, 4) is 0 Å². The predicted octanol–water partition coefficient (Wildman–Crippen LogP) is 3.84. The molecule has 2 unspecified atom stereocenters. The molecule has 2 saturated heterocycles. The Labute approximate surface area is 127 Å². The van der Waals surface area contributed by atoms with Crippen LogP contribution in [0.4, 0.5) is 0 Å². The molecule has 0 aliphatic carbocycles. The minimum atomic E-state index is 0.609. The van der Waals surface area contributed by atoms with Gasteiger partial charge in [0.2, 0.25) is 0 Å². The third kappa shape index (κ3) is 3.10.